The van der Waals surface area contributed by atoms with Crippen molar-refractivity contribution in [3.8, 4) is 0 Å². The molecule has 0 radical (unpaired) electrons. The van der Waals surface area contributed by atoms with Crippen LogP contribution in [0.5, 0.6) is 0 Å². The molecule has 1 aliphatic carbocycles. The molecule has 0 aromatic carbocycles. The molecule has 1 N–H and O–H groups in total. The molecule has 2 atom stereocenters. The van der Waals surface area contributed by atoms with Crippen LogP contribution in [-0.2, 0) is 0 Å². The van der Waals surface area contributed by atoms with E-state index in [4.69, 9.17) is 0 Å². The summed E-state index contributed by atoms with van der Waals surface area (Å²) in [6.07, 6.45) is 4.14. The van der Waals surface area contributed by atoms with Crippen LogP contribution in [0.25, 0.3) is 0 Å². The Morgan fingerprint density at radius 2 is 1.92 bits per heavy atom. The van der Waals surface area contributed by atoms with E-state index in [1.165, 1.54) is 19.3 Å². The van der Waals surface area contributed by atoms with Gasteiger partial charge in [0.1, 0.15) is 0 Å². The van der Waals surface area contributed by atoms with E-state index >= 15 is 0 Å². The highest BCUT2D eigenvalue weighted by Crippen LogP contribution is 2.28. The molecule has 1 rings (SSSR count). The highest BCUT2D eigenvalue weighted by molar-refractivity contribution is 9.11. The Balaban J connectivity index is 2.39. The molecule has 0 bridgehead atoms. The van der Waals surface area contributed by atoms with Crippen LogP contribution >= 0.6 is 15.9 Å². The Kier molecular flexibility index (Phi) is 4.47. The van der Waals surface area contributed by atoms with E-state index in [1.807, 2.05) is 0 Å². The van der Waals surface area contributed by atoms with Crippen molar-refractivity contribution < 1.29 is 0 Å². The van der Waals surface area contributed by atoms with Crippen LogP contribution in [0.2, 0.25) is 0 Å². The lowest BCUT2D eigenvalue weighted by atomic mass is 9.79. The summed E-state index contributed by atoms with van der Waals surface area (Å²) in [6.45, 7) is 9.45. The normalized spacial score (nSPS) is 34.5. The SMILES string of the molecule is C=C(Br)CNC1C(C)CCCC1C. The fourth-order valence-corrected chi connectivity index (χ4v) is 2.47. The van der Waals surface area contributed by atoms with Crippen molar-refractivity contribution in [1.82, 2.24) is 5.32 Å². The minimum atomic E-state index is 0.683. The van der Waals surface area contributed by atoms with Crippen molar-refractivity contribution in [1.29, 1.82) is 0 Å². The van der Waals surface area contributed by atoms with Gasteiger partial charge in [-0.3, -0.25) is 0 Å². The first-order chi connectivity index (χ1) is 6.11. The largest absolute Gasteiger partial charge is 0.309 e. The molecule has 1 nitrogen and oxygen atoms in total. The van der Waals surface area contributed by atoms with Crippen LogP contribution in [0.3, 0.4) is 0 Å². The minimum Gasteiger partial charge on any atom is -0.309 e. The molecule has 1 fully saturated rings. The molecule has 76 valence electrons. The molecule has 0 aromatic rings. The highest BCUT2D eigenvalue weighted by atomic mass is 79.9. The summed E-state index contributed by atoms with van der Waals surface area (Å²) in [5.41, 5.74) is 0. The average Bonchev–Trinajstić information content (AvgIpc) is 2.03. The standard InChI is InChI=1S/C11H20BrN/c1-8-5-4-6-9(2)11(8)13-7-10(3)12/h8-9,11,13H,3-7H2,1-2H3. The number of halogens is 1. The Morgan fingerprint density at radius 3 is 2.38 bits per heavy atom. The molecule has 0 amide bonds. The molecule has 1 aliphatic rings. The lowest BCUT2D eigenvalue weighted by molar-refractivity contribution is 0.214. The van der Waals surface area contributed by atoms with Crippen LogP contribution < -0.4 is 5.32 Å². The molecule has 0 heterocycles. The molecule has 0 saturated heterocycles. The molecule has 2 unspecified atom stereocenters. The quantitative estimate of drug-likeness (QED) is 0.805. The highest BCUT2D eigenvalue weighted by Gasteiger charge is 2.26. The third-order valence-corrected chi connectivity index (χ3v) is 3.35. The first-order valence-electron chi connectivity index (χ1n) is 5.18. The van der Waals surface area contributed by atoms with Gasteiger partial charge in [-0.25, -0.2) is 0 Å². The van der Waals surface area contributed by atoms with Gasteiger partial charge in [-0.1, -0.05) is 42.8 Å². The number of rotatable bonds is 3. The van der Waals surface area contributed by atoms with Crippen molar-refractivity contribution in [3.05, 3.63) is 11.1 Å². The number of hydrogen-bond donors (Lipinski definition) is 1. The van der Waals surface area contributed by atoms with E-state index in [2.05, 4.69) is 41.7 Å². The number of hydrogen-bond acceptors (Lipinski definition) is 1. The first kappa shape index (κ1) is 11.3. The van der Waals surface area contributed by atoms with Gasteiger partial charge in [-0.15, -0.1) is 0 Å². The molecule has 1 saturated carbocycles. The third kappa shape index (κ3) is 3.43. The minimum absolute atomic E-state index is 0.683. The van der Waals surface area contributed by atoms with Gasteiger partial charge in [0.25, 0.3) is 0 Å². The Bertz CT molecular complexity index is 169. The van der Waals surface area contributed by atoms with Crippen molar-refractivity contribution >= 4 is 15.9 Å². The maximum atomic E-state index is 3.84. The van der Waals surface area contributed by atoms with Crippen molar-refractivity contribution in [2.24, 2.45) is 11.8 Å². The van der Waals surface area contributed by atoms with E-state index in [0.717, 1.165) is 22.9 Å². The summed E-state index contributed by atoms with van der Waals surface area (Å²) in [4.78, 5) is 0. The molecule has 0 aromatic heterocycles. The molecule has 2 heteroatoms. The molecule has 0 spiro atoms. The molecule has 13 heavy (non-hydrogen) atoms. The zero-order valence-electron chi connectivity index (χ0n) is 8.65. The molecule has 0 aliphatic heterocycles. The topological polar surface area (TPSA) is 12.0 Å². The van der Waals surface area contributed by atoms with E-state index < -0.39 is 0 Å². The second-order valence-corrected chi connectivity index (χ2v) is 5.43. The van der Waals surface area contributed by atoms with Crippen LogP contribution in [-0.4, -0.2) is 12.6 Å². The maximum Gasteiger partial charge on any atom is 0.0268 e. The Labute approximate surface area is 90.1 Å². The van der Waals surface area contributed by atoms with Gasteiger partial charge in [0, 0.05) is 17.1 Å². The maximum absolute atomic E-state index is 3.84. The fraction of sp³-hybridized carbons (Fsp3) is 0.818. The predicted octanol–water partition coefficient (Wildman–Crippen LogP) is 3.31. The van der Waals surface area contributed by atoms with E-state index in [1.54, 1.807) is 0 Å². The van der Waals surface area contributed by atoms with Gasteiger partial charge in [0.15, 0.2) is 0 Å². The summed E-state index contributed by atoms with van der Waals surface area (Å²) >= 11 is 3.38. The summed E-state index contributed by atoms with van der Waals surface area (Å²) in [6, 6.07) is 0.683. The zero-order valence-corrected chi connectivity index (χ0v) is 10.2. The summed E-state index contributed by atoms with van der Waals surface area (Å²) in [7, 11) is 0. The lowest BCUT2D eigenvalue weighted by Crippen LogP contribution is -2.43. The molecular weight excluding hydrogens is 226 g/mol. The summed E-state index contributed by atoms with van der Waals surface area (Å²) < 4.78 is 1.05. The van der Waals surface area contributed by atoms with E-state index in [0.29, 0.717) is 6.04 Å². The number of nitrogens with one attached hydrogen (secondary N) is 1. The lowest BCUT2D eigenvalue weighted by Gasteiger charge is -2.35. The Hall–Kier alpha value is 0.180. The van der Waals surface area contributed by atoms with Gasteiger partial charge in [-0.2, -0.15) is 0 Å². The van der Waals surface area contributed by atoms with Crippen molar-refractivity contribution in [3.63, 3.8) is 0 Å². The van der Waals surface area contributed by atoms with Gasteiger partial charge >= 0.3 is 0 Å². The molecular formula is C11H20BrN. The summed E-state index contributed by atoms with van der Waals surface area (Å²) in [5, 5.41) is 3.57. The van der Waals surface area contributed by atoms with Crippen molar-refractivity contribution in [2.45, 2.75) is 39.2 Å². The van der Waals surface area contributed by atoms with E-state index in [-0.39, 0.29) is 0 Å². The summed E-state index contributed by atoms with van der Waals surface area (Å²) in [5.74, 6) is 1.63. The van der Waals surface area contributed by atoms with Gasteiger partial charge in [0.2, 0.25) is 0 Å². The third-order valence-electron chi connectivity index (χ3n) is 3.07. The average molecular weight is 246 g/mol. The van der Waals surface area contributed by atoms with Crippen LogP contribution in [0.15, 0.2) is 11.1 Å². The predicted molar refractivity (Wildman–Crippen MR) is 62.0 cm³/mol. The van der Waals surface area contributed by atoms with Crippen molar-refractivity contribution in [2.75, 3.05) is 6.54 Å². The monoisotopic (exact) mass is 245 g/mol. The fourth-order valence-electron chi connectivity index (χ4n) is 2.31. The van der Waals surface area contributed by atoms with Gasteiger partial charge in [-0.05, 0) is 24.7 Å². The van der Waals surface area contributed by atoms with Gasteiger partial charge < -0.3 is 5.32 Å². The van der Waals surface area contributed by atoms with Gasteiger partial charge in [0.05, 0.1) is 0 Å². The van der Waals surface area contributed by atoms with Crippen LogP contribution in [0.4, 0.5) is 0 Å². The first-order valence-corrected chi connectivity index (χ1v) is 5.97. The second-order valence-electron chi connectivity index (χ2n) is 4.31. The second kappa shape index (κ2) is 5.16. The van der Waals surface area contributed by atoms with Crippen LogP contribution in [0.1, 0.15) is 33.1 Å². The zero-order chi connectivity index (χ0) is 9.84. The van der Waals surface area contributed by atoms with E-state index in [9.17, 15) is 0 Å². The Morgan fingerprint density at radius 1 is 1.38 bits per heavy atom. The smallest absolute Gasteiger partial charge is 0.0268 e. The van der Waals surface area contributed by atoms with Crippen LogP contribution in [0, 0.1) is 11.8 Å².